The Kier molecular flexibility index (Phi) is 5.29. The number of amides is 1. The molecule has 18 heavy (non-hydrogen) atoms. The van der Waals surface area contributed by atoms with Gasteiger partial charge in [0, 0.05) is 0 Å². The molecule has 1 heterocycles. The van der Waals surface area contributed by atoms with Gasteiger partial charge in [0.25, 0.3) is 5.82 Å². The Hall–Kier alpha value is -1.92. The summed E-state index contributed by atoms with van der Waals surface area (Å²) in [7, 11) is 0. The lowest BCUT2D eigenvalue weighted by Crippen LogP contribution is -2.26. The average molecular weight is 255 g/mol. The van der Waals surface area contributed by atoms with Crippen molar-refractivity contribution in [3.8, 4) is 0 Å². The number of esters is 1. The summed E-state index contributed by atoms with van der Waals surface area (Å²) in [5.41, 5.74) is 0. The highest BCUT2D eigenvalue weighted by molar-refractivity contribution is 5.84. The van der Waals surface area contributed by atoms with E-state index < -0.39 is 12.0 Å². The lowest BCUT2D eigenvalue weighted by Gasteiger charge is -2.17. The number of carbonyl (C=O) groups excluding carboxylic acids is 2. The number of aromatic nitrogens is 2. The maximum atomic E-state index is 11.4. The number of nitrogens with one attached hydrogen (secondary N) is 1. The molecular formula is C11H17N3O4. The van der Waals surface area contributed by atoms with Crippen molar-refractivity contribution in [3.05, 3.63) is 11.7 Å². The largest absolute Gasteiger partial charge is 0.460 e. The van der Waals surface area contributed by atoms with Gasteiger partial charge in [0.1, 0.15) is 6.04 Å². The number of hydrogen-bond acceptors (Lipinski definition) is 6. The van der Waals surface area contributed by atoms with Crippen molar-refractivity contribution in [2.24, 2.45) is 5.92 Å². The maximum Gasteiger partial charge on any atom is 0.379 e. The van der Waals surface area contributed by atoms with Crippen LogP contribution in [0.1, 0.15) is 49.7 Å². The van der Waals surface area contributed by atoms with Crippen molar-refractivity contribution in [1.29, 1.82) is 0 Å². The minimum absolute atomic E-state index is 0.116. The summed E-state index contributed by atoms with van der Waals surface area (Å²) in [6.45, 7) is 5.85. The van der Waals surface area contributed by atoms with Crippen LogP contribution in [0.2, 0.25) is 0 Å². The molecule has 0 saturated heterocycles. The van der Waals surface area contributed by atoms with Crippen LogP contribution in [-0.2, 0) is 9.53 Å². The molecule has 1 aromatic rings. The second kappa shape index (κ2) is 6.73. The molecule has 1 aromatic heterocycles. The van der Waals surface area contributed by atoms with Gasteiger partial charge in [-0.3, -0.25) is 4.79 Å². The lowest BCUT2D eigenvalue weighted by atomic mass is 9.99. The van der Waals surface area contributed by atoms with Gasteiger partial charge in [0.2, 0.25) is 12.3 Å². The van der Waals surface area contributed by atoms with E-state index in [0.717, 1.165) is 6.42 Å². The Morgan fingerprint density at radius 1 is 1.56 bits per heavy atom. The zero-order valence-electron chi connectivity index (χ0n) is 10.7. The lowest BCUT2D eigenvalue weighted by molar-refractivity contribution is -0.110. The Morgan fingerprint density at radius 2 is 2.28 bits per heavy atom. The zero-order chi connectivity index (χ0) is 13.5. The Balaban J connectivity index is 2.86. The van der Waals surface area contributed by atoms with Crippen LogP contribution in [0.3, 0.4) is 0 Å². The molecule has 1 N–H and O–H groups in total. The van der Waals surface area contributed by atoms with E-state index in [1.165, 1.54) is 0 Å². The van der Waals surface area contributed by atoms with Crippen molar-refractivity contribution in [2.45, 2.75) is 33.2 Å². The molecule has 0 aromatic carbocycles. The molecule has 0 aliphatic carbocycles. The molecule has 1 rings (SSSR count). The number of carbonyl (C=O) groups is 2. The Labute approximate surface area is 105 Å². The Bertz CT molecular complexity index is 405. The highest BCUT2D eigenvalue weighted by Crippen LogP contribution is 2.22. The summed E-state index contributed by atoms with van der Waals surface area (Å²) in [5.74, 6) is -0.445. The van der Waals surface area contributed by atoms with E-state index in [0.29, 0.717) is 6.41 Å². The first-order valence-corrected chi connectivity index (χ1v) is 5.84. The third kappa shape index (κ3) is 3.28. The van der Waals surface area contributed by atoms with E-state index in [1.54, 1.807) is 6.92 Å². The molecule has 1 amide bonds. The van der Waals surface area contributed by atoms with E-state index in [4.69, 9.17) is 9.26 Å². The first-order chi connectivity index (χ1) is 8.63. The van der Waals surface area contributed by atoms with Crippen molar-refractivity contribution >= 4 is 12.4 Å². The van der Waals surface area contributed by atoms with E-state index in [9.17, 15) is 9.59 Å². The molecule has 0 bridgehead atoms. The van der Waals surface area contributed by atoms with Crippen LogP contribution in [0.15, 0.2) is 4.52 Å². The number of nitrogens with zero attached hydrogens (tertiary/aromatic N) is 2. The van der Waals surface area contributed by atoms with Gasteiger partial charge in [-0.05, 0) is 18.0 Å². The first-order valence-electron chi connectivity index (χ1n) is 5.84. The van der Waals surface area contributed by atoms with Crippen molar-refractivity contribution in [2.75, 3.05) is 6.61 Å². The van der Waals surface area contributed by atoms with E-state index in [1.807, 2.05) is 13.8 Å². The monoisotopic (exact) mass is 255 g/mol. The summed E-state index contributed by atoms with van der Waals surface area (Å²) in [6.07, 6.45) is 1.40. The number of ether oxygens (including phenoxy) is 1. The minimum Gasteiger partial charge on any atom is -0.460 e. The van der Waals surface area contributed by atoms with Crippen LogP contribution in [-0.4, -0.2) is 29.1 Å². The van der Waals surface area contributed by atoms with Gasteiger partial charge in [-0.2, -0.15) is 4.98 Å². The van der Waals surface area contributed by atoms with Crippen LogP contribution in [0.5, 0.6) is 0 Å². The molecule has 0 radical (unpaired) electrons. The van der Waals surface area contributed by atoms with Crippen LogP contribution in [0.25, 0.3) is 0 Å². The molecule has 0 spiro atoms. The van der Waals surface area contributed by atoms with Crippen molar-refractivity contribution in [1.82, 2.24) is 15.5 Å². The molecule has 0 aliphatic rings. The molecule has 7 heteroatoms. The van der Waals surface area contributed by atoms with Gasteiger partial charge in [0.15, 0.2) is 0 Å². The van der Waals surface area contributed by atoms with E-state index >= 15 is 0 Å². The second-order valence-corrected chi connectivity index (χ2v) is 3.82. The third-order valence-corrected chi connectivity index (χ3v) is 2.63. The van der Waals surface area contributed by atoms with Gasteiger partial charge in [-0.1, -0.05) is 20.3 Å². The van der Waals surface area contributed by atoms with Crippen LogP contribution in [0.4, 0.5) is 0 Å². The predicted octanol–water partition coefficient (Wildman–Crippen LogP) is 1.08. The van der Waals surface area contributed by atoms with E-state index in [2.05, 4.69) is 15.5 Å². The van der Waals surface area contributed by atoms with Crippen molar-refractivity contribution < 1.29 is 18.8 Å². The van der Waals surface area contributed by atoms with Gasteiger partial charge in [-0.15, -0.1) is 0 Å². The normalized spacial score (nSPS) is 13.7. The SMILES string of the molecule is CCOC(=O)c1noc([C@@H](NC=O)C(C)CC)n1. The predicted molar refractivity (Wildman–Crippen MR) is 61.7 cm³/mol. The molecule has 0 saturated carbocycles. The number of hydrogen-bond donors (Lipinski definition) is 1. The van der Waals surface area contributed by atoms with Crippen LogP contribution >= 0.6 is 0 Å². The average Bonchev–Trinajstić information content (AvgIpc) is 2.84. The topological polar surface area (TPSA) is 94.3 Å². The molecular weight excluding hydrogens is 238 g/mol. The Morgan fingerprint density at radius 3 is 2.83 bits per heavy atom. The van der Waals surface area contributed by atoms with Gasteiger partial charge < -0.3 is 14.6 Å². The standard InChI is InChI=1S/C11H17N3O4/c1-4-7(3)8(12-6-15)10-13-9(14-18-10)11(16)17-5-2/h6-8H,4-5H2,1-3H3,(H,12,15)/t7?,8-/m0/s1. The van der Waals surface area contributed by atoms with Crippen molar-refractivity contribution in [3.63, 3.8) is 0 Å². The highest BCUT2D eigenvalue weighted by atomic mass is 16.5. The molecule has 1 unspecified atom stereocenters. The summed E-state index contributed by atoms with van der Waals surface area (Å²) < 4.78 is 9.74. The molecule has 2 atom stereocenters. The summed E-state index contributed by atoms with van der Waals surface area (Å²) in [6, 6.07) is -0.400. The second-order valence-electron chi connectivity index (χ2n) is 3.82. The number of rotatable bonds is 7. The highest BCUT2D eigenvalue weighted by Gasteiger charge is 2.25. The zero-order valence-corrected chi connectivity index (χ0v) is 10.7. The first kappa shape index (κ1) is 14.1. The molecule has 7 nitrogen and oxygen atoms in total. The fraction of sp³-hybridized carbons (Fsp3) is 0.636. The summed E-state index contributed by atoms with van der Waals surface area (Å²) in [4.78, 5) is 25.9. The smallest absolute Gasteiger partial charge is 0.379 e. The fourth-order valence-electron chi connectivity index (χ4n) is 1.43. The summed E-state index contributed by atoms with van der Waals surface area (Å²) >= 11 is 0. The fourth-order valence-corrected chi connectivity index (χ4v) is 1.43. The molecule has 0 fully saturated rings. The molecule has 0 aliphatic heterocycles. The third-order valence-electron chi connectivity index (χ3n) is 2.63. The minimum atomic E-state index is -0.637. The van der Waals surface area contributed by atoms with Crippen LogP contribution in [0, 0.1) is 5.92 Å². The summed E-state index contributed by atoms with van der Waals surface area (Å²) in [5, 5.41) is 6.14. The maximum absolute atomic E-state index is 11.4. The quantitative estimate of drug-likeness (QED) is 0.578. The van der Waals surface area contributed by atoms with Gasteiger partial charge >= 0.3 is 5.97 Å². The van der Waals surface area contributed by atoms with Gasteiger partial charge in [0.05, 0.1) is 6.61 Å². The van der Waals surface area contributed by atoms with Crippen LogP contribution < -0.4 is 5.32 Å². The molecule has 100 valence electrons. The van der Waals surface area contributed by atoms with Gasteiger partial charge in [-0.25, -0.2) is 4.79 Å². The van der Waals surface area contributed by atoms with E-state index in [-0.39, 0.29) is 24.2 Å².